The van der Waals surface area contributed by atoms with Crippen LogP contribution in [0.1, 0.15) is 12.0 Å². The number of anilines is 1. The summed E-state index contributed by atoms with van der Waals surface area (Å²) >= 11 is 0. The molecule has 0 saturated carbocycles. The van der Waals surface area contributed by atoms with Crippen molar-refractivity contribution >= 4 is 17.7 Å². The van der Waals surface area contributed by atoms with Crippen LogP contribution in [0.4, 0.5) is 23.7 Å². The Morgan fingerprint density at radius 2 is 1.77 bits per heavy atom. The monoisotopic (exact) mass is 366 g/mol. The number of ether oxygens (including phenoxy) is 1. The van der Waals surface area contributed by atoms with Crippen molar-refractivity contribution in [3.05, 3.63) is 54.1 Å². The van der Waals surface area contributed by atoms with E-state index in [1.165, 1.54) is 19.2 Å². The lowest BCUT2D eigenvalue weighted by Gasteiger charge is -2.15. The third-order valence-electron chi connectivity index (χ3n) is 3.50. The summed E-state index contributed by atoms with van der Waals surface area (Å²) in [6.07, 6.45) is -5.36. The zero-order chi connectivity index (χ0) is 19.2. The average Bonchev–Trinajstić information content (AvgIpc) is 2.61. The van der Waals surface area contributed by atoms with E-state index in [2.05, 4.69) is 15.4 Å². The third-order valence-corrected chi connectivity index (χ3v) is 3.50. The number of amides is 2. The molecule has 0 unspecified atom stereocenters. The number of carbonyl (C=O) groups is 2. The van der Waals surface area contributed by atoms with Crippen LogP contribution in [0.2, 0.25) is 0 Å². The van der Waals surface area contributed by atoms with Crippen molar-refractivity contribution in [2.24, 2.45) is 0 Å². The fourth-order valence-corrected chi connectivity index (χ4v) is 2.30. The summed E-state index contributed by atoms with van der Waals surface area (Å²) < 4.78 is 44.6. The Labute approximate surface area is 148 Å². The number of benzene rings is 2. The quantitative estimate of drug-likeness (QED) is 0.839. The number of nitrogens with one attached hydrogen (secondary N) is 2. The summed E-state index contributed by atoms with van der Waals surface area (Å²) in [5.74, 6) is -0.526. The van der Waals surface area contributed by atoms with Gasteiger partial charge >= 0.3 is 12.3 Å². The molecule has 138 valence electrons. The number of carbonyl (C=O) groups excluding carboxylic acids is 2. The van der Waals surface area contributed by atoms with Crippen LogP contribution in [0.15, 0.2) is 48.5 Å². The van der Waals surface area contributed by atoms with Crippen molar-refractivity contribution < 1.29 is 27.5 Å². The number of hydrogen-bond acceptors (Lipinski definition) is 3. The van der Waals surface area contributed by atoms with Gasteiger partial charge in [-0.2, -0.15) is 13.2 Å². The molecule has 5 nitrogen and oxygen atoms in total. The minimum absolute atomic E-state index is 0.00668. The highest BCUT2D eigenvalue weighted by atomic mass is 19.4. The van der Waals surface area contributed by atoms with Crippen LogP contribution < -0.4 is 10.6 Å². The van der Waals surface area contributed by atoms with Gasteiger partial charge in [-0.15, -0.1) is 0 Å². The molecule has 2 aromatic carbocycles. The normalized spacial score (nSPS) is 10.9. The molecule has 2 rings (SSSR count). The molecular weight excluding hydrogens is 349 g/mol. The predicted octanol–water partition coefficient (Wildman–Crippen LogP) is 4.06. The molecule has 26 heavy (non-hydrogen) atoms. The van der Waals surface area contributed by atoms with Crippen molar-refractivity contribution in [2.45, 2.75) is 12.6 Å². The van der Waals surface area contributed by atoms with Crippen molar-refractivity contribution in [2.75, 3.05) is 19.0 Å². The SMILES string of the molecule is COC(=O)NCCC(=O)Nc1ccc(-c2ccccc2)c(C(F)(F)F)c1. The largest absolute Gasteiger partial charge is 0.453 e. The topological polar surface area (TPSA) is 67.4 Å². The fraction of sp³-hybridized carbons (Fsp3) is 0.222. The number of methoxy groups -OCH3 is 1. The molecule has 2 amide bonds. The highest BCUT2D eigenvalue weighted by Crippen LogP contribution is 2.38. The van der Waals surface area contributed by atoms with E-state index in [0.29, 0.717) is 5.56 Å². The van der Waals surface area contributed by atoms with Gasteiger partial charge in [-0.25, -0.2) is 4.79 Å². The maximum absolute atomic E-state index is 13.4. The number of alkyl carbamates (subject to hydrolysis) is 1. The van der Waals surface area contributed by atoms with Crippen LogP contribution >= 0.6 is 0 Å². The summed E-state index contributed by atoms with van der Waals surface area (Å²) in [6.45, 7) is 0.00668. The molecule has 0 aromatic heterocycles. The zero-order valence-corrected chi connectivity index (χ0v) is 13.9. The Balaban J connectivity index is 2.16. The highest BCUT2D eigenvalue weighted by Gasteiger charge is 2.34. The van der Waals surface area contributed by atoms with Gasteiger partial charge in [0, 0.05) is 18.7 Å². The van der Waals surface area contributed by atoms with Crippen LogP contribution in [0.5, 0.6) is 0 Å². The summed E-state index contributed by atoms with van der Waals surface area (Å²) in [5.41, 5.74) is -0.349. The van der Waals surface area contributed by atoms with Gasteiger partial charge in [0.05, 0.1) is 12.7 Å². The van der Waals surface area contributed by atoms with E-state index in [-0.39, 0.29) is 24.2 Å². The van der Waals surface area contributed by atoms with E-state index >= 15 is 0 Å². The number of halogens is 3. The lowest BCUT2D eigenvalue weighted by atomic mass is 9.98. The van der Waals surface area contributed by atoms with Crippen LogP contribution in [-0.2, 0) is 15.7 Å². The Kier molecular flexibility index (Phi) is 6.21. The Morgan fingerprint density at radius 1 is 1.08 bits per heavy atom. The van der Waals surface area contributed by atoms with Crippen molar-refractivity contribution in [3.63, 3.8) is 0 Å². The second-order valence-electron chi connectivity index (χ2n) is 5.34. The fourth-order valence-electron chi connectivity index (χ4n) is 2.30. The summed E-state index contributed by atoms with van der Waals surface area (Å²) in [5, 5.41) is 4.71. The first-order valence-corrected chi connectivity index (χ1v) is 7.69. The minimum Gasteiger partial charge on any atom is -0.453 e. The van der Waals surface area contributed by atoms with Crippen LogP contribution in [0, 0.1) is 0 Å². The first kappa shape index (κ1) is 19.3. The molecule has 0 saturated heterocycles. The first-order valence-electron chi connectivity index (χ1n) is 7.69. The van der Waals surface area contributed by atoms with Gasteiger partial charge in [-0.3, -0.25) is 4.79 Å². The van der Waals surface area contributed by atoms with Gasteiger partial charge in [0.15, 0.2) is 0 Å². The second-order valence-corrected chi connectivity index (χ2v) is 5.34. The lowest BCUT2D eigenvalue weighted by molar-refractivity contribution is -0.137. The van der Waals surface area contributed by atoms with E-state index in [1.807, 2.05) is 0 Å². The average molecular weight is 366 g/mol. The maximum atomic E-state index is 13.4. The minimum atomic E-state index is -4.57. The molecule has 0 aliphatic carbocycles. The molecule has 0 bridgehead atoms. The van der Waals surface area contributed by atoms with Crippen LogP contribution in [0.3, 0.4) is 0 Å². The standard InChI is InChI=1S/C18H17F3N2O3/c1-26-17(25)22-10-9-16(24)23-13-7-8-14(12-5-3-2-4-6-12)15(11-13)18(19,20)21/h2-8,11H,9-10H2,1H3,(H,22,25)(H,23,24). The van der Waals surface area contributed by atoms with Crippen LogP contribution in [0.25, 0.3) is 11.1 Å². The van der Waals surface area contributed by atoms with Crippen LogP contribution in [-0.4, -0.2) is 25.7 Å². The lowest BCUT2D eigenvalue weighted by Crippen LogP contribution is -2.27. The van der Waals surface area contributed by atoms with Crippen molar-refractivity contribution in [1.29, 1.82) is 0 Å². The summed E-state index contributed by atoms with van der Waals surface area (Å²) in [6, 6.07) is 11.8. The Hall–Kier alpha value is -3.03. The molecule has 2 N–H and O–H groups in total. The number of hydrogen-bond donors (Lipinski definition) is 2. The summed E-state index contributed by atoms with van der Waals surface area (Å²) in [7, 11) is 1.18. The molecule has 0 aliphatic rings. The van der Waals surface area contributed by atoms with Gasteiger partial charge in [0.1, 0.15) is 0 Å². The molecule has 0 spiro atoms. The molecule has 8 heteroatoms. The molecule has 0 fully saturated rings. The molecule has 2 aromatic rings. The van der Waals surface area contributed by atoms with Crippen molar-refractivity contribution in [3.8, 4) is 11.1 Å². The first-order chi connectivity index (χ1) is 12.3. The third kappa shape index (κ3) is 5.23. The summed E-state index contributed by atoms with van der Waals surface area (Å²) in [4.78, 5) is 22.7. The van der Waals surface area contributed by atoms with Gasteiger partial charge in [0.2, 0.25) is 5.91 Å². The van der Waals surface area contributed by atoms with Gasteiger partial charge in [-0.05, 0) is 23.3 Å². The number of alkyl halides is 3. The van der Waals surface area contributed by atoms with E-state index in [4.69, 9.17) is 0 Å². The molecular formula is C18H17F3N2O3. The predicted molar refractivity (Wildman–Crippen MR) is 90.5 cm³/mol. The molecule has 0 radical (unpaired) electrons. The Morgan fingerprint density at radius 3 is 2.38 bits per heavy atom. The van der Waals surface area contributed by atoms with Gasteiger partial charge in [0.25, 0.3) is 0 Å². The Bertz CT molecular complexity index is 777. The highest BCUT2D eigenvalue weighted by molar-refractivity contribution is 5.91. The second kappa shape index (κ2) is 8.37. The van der Waals surface area contributed by atoms with E-state index in [1.54, 1.807) is 30.3 Å². The van der Waals surface area contributed by atoms with E-state index < -0.39 is 23.7 Å². The molecule has 0 aliphatic heterocycles. The molecule has 0 atom stereocenters. The van der Waals surface area contributed by atoms with E-state index in [0.717, 1.165) is 6.07 Å². The zero-order valence-electron chi connectivity index (χ0n) is 13.9. The van der Waals surface area contributed by atoms with E-state index in [9.17, 15) is 22.8 Å². The number of rotatable bonds is 5. The van der Waals surface area contributed by atoms with Gasteiger partial charge < -0.3 is 15.4 Å². The smallest absolute Gasteiger partial charge is 0.417 e. The van der Waals surface area contributed by atoms with Crippen molar-refractivity contribution in [1.82, 2.24) is 5.32 Å². The van der Waals surface area contributed by atoms with Gasteiger partial charge in [-0.1, -0.05) is 36.4 Å². The molecule has 0 heterocycles. The maximum Gasteiger partial charge on any atom is 0.417 e.